The van der Waals surface area contributed by atoms with Gasteiger partial charge in [-0.05, 0) is 19.9 Å². The van der Waals surface area contributed by atoms with Crippen LogP contribution in [0.5, 0.6) is 0 Å². The van der Waals surface area contributed by atoms with Crippen molar-refractivity contribution in [3.63, 3.8) is 0 Å². The first kappa shape index (κ1) is 16.3. The SMILES string of the molecule is CN1CCN(c2cnn(CCCCCCCl)c(=O)c2)CC1. The van der Waals surface area contributed by atoms with Crippen LogP contribution in [0.1, 0.15) is 25.7 Å². The highest BCUT2D eigenvalue weighted by molar-refractivity contribution is 6.17. The Bertz CT molecular complexity index is 483. The van der Waals surface area contributed by atoms with Crippen LogP contribution < -0.4 is 10.5 Å². The number of likely N-dealkylation sites (N-methyl/N-ethyl adjacent to an activating group) is 1. The predicted octanol–water partition coefficient (Wildman–Crippen LogP) is 1.79. The Morgan fingerprint density at radius 2 is 1.86 bits per heavy atom. The molecule has 5 nitrogen and oxygen atoms in total. The molecule has 0 saturated carbocycles. The molecular formula is C15H25ClN4O. The summed E-state index contributed by atoms with van der Waals surface area (Å²) in [6, 6.07) is 1.72. The molecule has 0 atom stereocenters. The lowest BCUT2D eigenvalue weighted by molar-refractivity contribution is 0.312. The smallest absolute Gasteiger partial charge is 0.268 e. The number of hydrogen-bond acceptors (Lipinski definition) is 4. The number of piperazine rings is 1. The molecule has 1 fully saturated rings. The van der Waals surface area contributed by atoms with Crippen LogP contribution in [0.2, 0.25) is 0 Å². The first-order chi connectivity index (χ1) is 10.2. The zero-order valence-corrected chi connectivity index (χ0v) is 13.6. The maximum Gasteiger partial charge on any atom is 0.268 e. The Balaban J connectivity index is 1.87. The number of aromatic nitrogens is 2. The van der Waals surface area contributed by atoms with E-state index in [-0.39, 0.29) is 5.56 Å². The van der Waals surface area contributed by atoms with Gasteiger partial charge in [0.15, 0.2) is 0 Å². The van der Waals surface area contributed by atoms with Gasteiger partial charge in [0.05, 0.1) is 11.9 Å². The van der Waals surface area contributed by atoms with Crippen LogP contribution in [0, 0.1) is 0 Å². The molecule has 6 heteroatoms. The molecule has 1 saturated heterocycles. The summed E-state index contributed by atoms with van der Waals surface area (Å²) in [5.41, 5.74) is 0.954. The van der Waals surface area contributed by atoms with Crippen molar-refractivity contribution in [3.8, 4) is 0 Å². The Kier molecular flexibility index (Phi) is 6.51. The van der Waals surface area contributed by atoms with Gasteiger partial charge in [0.1, 0.15) is 0 Å². The lowest BCUT2D eigenvalue weighted by atomic mass is 10.2. The van der Waals surface area contributed by atoms with Gasteiger partial charge in [-0.15, -0.1) is 11.6 Å². The number of unbranched alkanes of at least 4 members (excludes halogenated alkanes) is 3. The van der Waals surface area contributed by atoms with Gasteiger partial charge in [-0.1, -0.05) is 12.8 Å². The molecule has 2 heterocycles. The molecule has 0 spiro atoms. The Morgan fingerprint density at radius 1 is 1.14 bits per heavy atom. The molecule has 21 heavy (non-hydrogen) atoms. The second-order valence-corrected chi connectivity index (χ2v) is 6.05. The van der Waals surface area contributed by atoms with E-state index in [1.807, 2.05) is 6.20 Å². The van der Waals surface area contributed by atoms with Crippen LogP contribution in [0.3, 0.4) is 0 Å². The number of halogens is 1. The topological polar surface area (TPSA) is 41.4 Å². The monoisotopic (exact) mass is 312 g/mol. The molecule has 0 N–H and O–H groups in total. The molecule has 0 bridgehead atoms. The summed E-state index contributed by atoms with van der Waals surface area (Å²) in [5.74, 6) is 0.720. The summed E-state index contributed by atoms with van der Waals surface area (Å²) in [6.45, 7) is 4.68. The van der Waals surface area contributed by atoms with Crippen LogP contribution in [0.15, 0.2) is 17.1 Å². The Hall–Kier alpha value is -1.07. The van der Waals surface area contributed by atoms with Crippen molar-refractivity contribution >= 4 is 17.3 Å². The van der Waals surface area contributed by atoms with Crippen LogP contribution in [-0.2, 0) is 6.54 Å². The normalized spacial score (nSPS) is 16.4. The standard InChI is InChI=1S/C15H25ClN4O/c1-18-8-10-19(11-9-18)14-12-15(21)20(17-13-14)7-5-3-2-4-6-16/h12-13H,2-11H2,1H3. The van der Waals surface area contributed by atoms with Gasteiger partial charge in [0.2, 0.25) is 0 Å². The predicted molar refractivity (Wildman–Crippen MR) is 87.4 cm³/mol. The van der Waals surface area contributed by atoms with Gasteiger partial charge < -0.3 is 9.80 Å². The minimum absolute atomic E-state index is 0.00349. The number of nitrogens with zero attached hydrogens (tertiary/aromatic N) is 4. The van der Waals surface area contributed by atoms with E-state index in [2.05, 4.69) is 21.9 Å². The van der Waals surface area contributed by atoms with Gasteiger partial charge in [-0.2, -0.15) is 5.10 Å². The minimum Gasteiger partial charge on any atom is -0.368 e. The number of alkyl halides is 1. The fourth-order valence-corrected chi connectivity index (χ4v) is 2.73. The number of aryl methyl sites for hydroxylation is 1. The molecule has 118 valence electrons. The number of rotatable bonds is 7. The lowest BCUT2D eigenvalue weighted by Gasteiger charge is -2.33. The lowest BCUT2D eigenvalue weighted by Crippen LogP contribution is -2.45. The van der Waals surface area contributed by atoms with Crippen molar-refractivity contribution in [3.05, 3.63) is 22.6 Å². The fraction of sp³-hybridized carbons (Fsp3) is 0.733. The van der Waals surface area contributed by atoms with Crippen molar-refractivity contribution in [2.45, 2.75) is 32.2 Å². The average Bonchev–Trinajstić information content (AvgIpc) is 2.49. The van der Waals surface area contributed by atoms with Gasteiger partial charge in [0.25, 0.3) is 5.56 Å². The van der Waals surface area contributed by atoms with E-state index in [4.69, 9.17) is 11.6 Å². The summed E-state index contributed by atoms with van der Waals surface area (Å²) >= 11 is 5.65. The molecule has 2 rings (SSSR count). The van der Waals surface area contributed by atoms with Crippen molar-refractivity contribution in [2.75, 3.05) is 44.0 Å². The highest BCUT2D eigenvalue weighted by atomic mass is 35.5. The fourth-order valence-electron chi connectivity index (χ4n) is 2.54. The second kappa shape index (κ2) is 8.39. The molecule has 1 aliphatic heterocycles. The van der Waals surface area contributed by atoms with Crippen molar-refractivity contribution < 1.29 is 0 Å². The summed E-state index contributed by atoms with van der Waals surface area (Å²) in [4.78, 5) is 16.6. The first-order valence-corrected chi connectivity index (χ1v) is 8.31. The van der Waals surface area contributed by atoms with Crippen LogP contribution in [0.4, 0.5) is 5.69 Å². The molecule has 0 radical (unpaired) electrons. The van der Waals surface area contributed by atoms with Crippen molar-refractivity contribution in [2.24, 2.45) is 0 Å². The molecule has 1 aromatic heterocycles. The summed E-state index contributed by atoms with van der Waals surface area (Å²) < 4.78 is 1.57. The summed E-state index contributed by atoms with van der Waals surface area (Å²) in [7, 11) is 2.12. The van der Waals surface area contributed by atoms with Crippen LogP contribution >= 0.6 is 11.6 Å². The van der Waals surface area contributed by atoms with Crippen LogP contribution in [-0.4, -0.2) is 53.8 Å². The van der Waals surface area contributed by atoms with E-state index >= 15 is 0 Å². The Labute approximate surface area is 131 Å². The molecule has 0 unspecified atom stereocenters. The molecule has 1 aromatic rings. The van der Waals surface area contributed by atoms with E-state index in [0.717, 1.165) is 63.4 Å². The maximum absolute atomic E-state index is 12.1. The van der Waals surface area contributed by atoms with E-state index in [0.29, 0.717) is 6.54 Å². The zero-order valence-electron chi connectivity index (χ0n) is 12.8. The zero-order chi connectivity index (χ0) is 15.1. The second-order valence-electron chi connectivity index (χ2n) is 5.67. The molecular weight excluding hydrogens is 288 g/mol. The number of hydrogen-bond donors (Lipinski definition) is 0. The van der Waals surface area contributed by atoms with Gasteiger partial charge in [-0.3, -0.25) is 4.79 Å². The van der Waals surface area contributed by atoms with E-state index in [9.17, 15) is 4.79 Å². The van der Waals surface area contributed by atoms with Gasteiger partial charge in [0, 0.05) is 44.7 Å². The molecule has 0 aliphatic carbocycles. The minimum atomic E-state index is 0.00349. The third-order valence-corrected chi connectivity index (χ3v) is 4.24. The summed E-state index contributed by atoms with van der Waals surface area (Å²) in [6.07, 6.45) is 6.08. The van der Waals surface area contributed by atoms with E-state index < -0.39 is 0 Å². The third-order valence-electron chi connectivity index (χ3n) is 3.98. The molecule has 0 amide bonds. The summed E-state index contributed by atoms with van der Waals surface area (Å²) in [5, 5.41) is 4.31. The molecule has 1 aliphatic rings. The van der Waals surface area contributed by atoms with E-state index in [1.165, 1.54) is 0 Å². The van der Waals surface area contributed by atoms with Crippen molar-refractivity contribution in [1.82, 2.24) is 14.7 Å². The van der Waals surface area contributed by atoms with E-state index in [1.54, 1.807) is 10.7 Å². The van der Waals surface area contributed by atoms with Gasteiger partial charge in [-0.25, -0.2) is 4.68 Å². The Morgan fingerprint density at radius 3 is 2.52 bits per heavy atom. The average molecular weight is 313 g/mol. The highest BCUT2D eigenvalue weighted by Crippen LogP contribution is 2.12. The first-order valence-electron chi connectivity index (χ1n) is 7.77. The maximum atomic E-state index is 12.1. The van der Waals surface area contributed by atoms with Gasteiger partial charge >= 0.3 is 0 Å². The quantitative estimate of drug-likeness (QED) is 0.568. The number of anilines is 1. The van der Waals surface area contributed by atoms with Crippen molar-refractivity contribution in [1.29, 1.82) is 0 Å². The molecule has 0 aromatic carbocycles. The highest BCUT2D eigenvalue weighted by Gasteiger charge is 2.15. The largest absolute Gasteiger partial charge is 0.368 e. The van der Waals surface area contributed by atoms with Crippen LogP contribution in [0.25, 0.3) is 0 Å². The third kappa shape index (κ3) is 5.00.